The van der Waals surface area contributed by atoms with Gasteiger partial charge in [-0.05, 0) is 17.7 Å². The van der Waals surface area contributed by atoms with E-state index >= 15 is 0 Å². The van der Waals surface area contributed by atoms with Gasteiger partial charge in [0, 0.05) is 29.7 Å². The van der Waals surface area contributed by atoms with Gasteiger partial charge in [0.15, 0.2) is 0 Å². The van der Waals surface area contributed by atoms with Crippen LogP contribution in [0.4, 0.5) is 0 Å². The van der Waals surface area contributed by atoms with Crippen LogP contribution >= 0.6 is 0 Å². The van der Waals surface area contributed by atoms with Gasteiger partial charge < -0.3 is 4.57 Å². The number of amides is 2. The first-order valence-corrected chi connectivity index (χ1v) is 8.85. The standard InChI is InChI=1S/C21H19N5O2/c1-26-13-15(16-9-5-6-10-19(16)26)11-20(27)24-25-21(28)18-12-17(22-23-18)14-7-3-2-4-8-14/h2-10,12-13H,11H2,1H3,(H,22,23)(H,24,27)(H,25,28). The van der Waals surface area contributed by atoms with Gasteiger partial charge in [-0.3, -0.25) is 25.5 Å². The molecule has 0 aliphatic heterocycles. The van der Waals surface area contributed by atoms with E-state index in [2.05, 4.69) is 21.0 Å². The SMILES string of the molecule is Cn1cc(CC(=O)NNC(=O)c2cc(-c3ccccc3)n[nH]2)c2ccccc21. The molecule has 0 aliphatic carbocycles. The van der Waals surface area contributed by atoms with E-state index in [0.29, 0.717) is 5.69 Å². The highest BCUT2D eigenvalue weighted by atomic mass is 16.2. The minimum atomic E-state index is -0.457. The lowest BCUT2D eigenvalue weighted by atomic mass is 10.1. The van der Waals surface area contributed by atoms with Crippen molar-refractivity contribution in [1.29, 1.82) is 0 Å². The van der Waals surface area contributed by atoms with Gasteiger partial charge in [-0.1, -0.05) is 48.5 Å². The van der Waals surface area contributed by atoms with Crippen molar-refractivity contribution in [2.75, 3.05) is 0 Å². The third-order valence-electron chi connectivity index (χ3n) is 4.54. The van der Waals surface area contributed by atoms with Crippen LogP contribution in [0.5, 0.6) is 0 Å². The molecule has 0 radical (unpaired) electrons. The summed E-state index contributed by atoms with van der Waals surface area (Å²) in [6, 6.07) is 19.0. The van der Waals surface area contributed by atoms with Crippen LogP contribution in [-0.4, -0.2) is 26.6 Å². The highest BCUT2D eigenvalue weighted by Crippen LogP contribution is 2.20. The molecule has 2 aromatic heterocycles. The van der Waals surface area contributed by atoms with Crippen LogP contribution in [0, 0.1) is 0 Å². The summed E-state index contributed by atoms with van der Waals surface area (Å²) < 4.78 is 1.98. The predicted octanol–water partition coefficient (Wildman–Crippen LogP) is 2.57. The zero-order chi connectivity index (χ0) is 19.5. The molecule has 7 nitrogen and oxygen atoms in total. The fourth-order valence-corrected chi connectivity index (χ4v) is 3.17. The number of hydrogen-bond donors (Lipinski definition) is 3. The highest BCUT2D eigenvalue weighted by Gasteiger charge is 2.14. The van der Waals surface area contributed by atoms with Gasteiger partial charge in [-0.25, -0.2) is 0 Å². The zero-order valence-electron chi connectivity index (χ0n) is 15.3. The number of carbonyl (C=O) groups excluding carboxylic acids is 2. The third-order valence-corrected chi connectivity index (χ3v) is 4.54. The summed E-state index contributed by atoms with van der Waals surface area (Å²) in [5, 5.41) is 7.85. The Morgan fingerprint density at radius 1 is 1.04 bits per heavy atom. The number of rotatable bonds is 4. The van der Waals surface area contributed by atoms with Crippen molar-refractivity contribution in [3.63, 3.8) is 0 Å². The van der Waals surface area contributed by atoms with Gasteiger partial charge in [-0.2, -0.15) is 5.10 Å². The van der Waals surface area contributed by atoms with Crippen LogP contribution in [0.1, 0.15) is 16.1 Å². The van der Waals surface area contributed by atoms with Gasteiger partial charge in [-0.15, -0.1) is 0 Å². The predicted molar refractivity (Wildman–Crippen MR) is 106 cm³/mol. The Morgan fingerprint density at radius 2 is 1.79 bits per heavy atom. The Balaban J connectivity index is 1.38. The minimum absolute atomic E-state index is 0.167. The molecule has 0 aliphatic rings. The molecule has 0 saturated carbocycles. The molecule has 0 spiro atoms. The summed E-state index contributed by atoms with van der Waals surface area (Å²) in [6.07, 6.45) is 2.09. The lowest BCUT2D eigenvalue weighted by molar-refractivity contribution is -0.121. The summed E-state index contributed by atoms with van der Waals surface area (Å²) in [6.45, 7) is 0. The van der Waals surface area contributed by atoms with Crippen molar-refractivity contribution in [3.8, 4) is 11.3 Å². The quantitative estimate of drug-likeness (QED) is 0.480. The first-order valence-electron chi connectivity index (χ1n) is 8.85. The number of fused-ring (bicyclic) bond motifs is 1. The van der Waals surface area contributed by atoms with Crippen molar-refractivity contribution in [3.05, 3.63) is 78.1 Å². The highest BCUT2D eigenvalue weighted by molar-refractivity contribution is 5.95. The van der Waals surface area contributed by atoms with Crippen LogP contribution in [0.15, 0.2) is 66.9 Å². The molecule has 0 saturated heterocycles. The van der Waals surface area contributed by atoms with Crippen molar-refractivity contribution in [2.45, 2.75) is 6.42 Å². The molecule has 4 aromatic rings. The summed E-state index contributed by atoms with van der Waals surface area (Å²) in [4.78, 5) is 24.5. The van der Waals surface area contributed by atoms with Gasteiger partial charge in [0.25, 0.3) is 5.91 Å². The molecule has 4 rings (SSSR count). The van der Waals surface area contributed by atoms with Crippen LogP contribution in [0.2, 0.25) is 0 Å². The Bertz CT molecular complexity index is 1140. The van der Waals surface area contributed by atoms with E-state index in [1.807, 2.05) is 72.4 Å². The first-order chi connectivity index (χ1) is 13.6. The van der Waals surface area contributed by atoms with Crippen molar-refractivity contribution in [2.24, 2.45) is 7.05 Å². The Morgan fingerprint density at radius 3 is 2.61 bits per heavy atom. The third kappa shape index (κ3) is 3.50. The number of aryl methyl sites for hydroxylation is 1. The van der Waals surface area contributed by atoms with Crippen molar-refractivity contribution in [1.82, 2.24) is 25.6 Å². The summed E-state index contributed by atoms with van der Waals surface area (Å²) >= 11 is 0. The second kappa shape index (κ2) is 7.40. The van der Waals surface area contributed by atoms with Crippen LogP contribution in [0.25, 0.3) is 22.2 Å². The molecule has 3 N–H and O–H groups in total. The Hall–Kier alpha value is -3.87. The number of benzene rings is 2. The van der Waals surface area contributed by atoms with Crippen molar-refractivity contribution < 1.29 is 9.59 Å². The molecule has 140 valence electrons. The first kappa shape index (κ1) is 17.5. The Labute approximate surface area is 161 Å². The number of carbonyl (C=O) groups is 2. The van der Waals surface area contributed by atoms with E-state index in [0.717, 1.165) is 22.0 Å². The van der Waals surface area contributed by atoms with Crippen LogP contribution in [-0.2, 0) is 18.3 Å². The zero-order valence-corrected chi connectivity index (χ0v) is 15.3. The van der Waals surface area contributed by atoms with E-state index < -0.39 is 5.91 Å². The van der Waals surface area contributed by atoms with Crippen LogP contribution in [0.3, 0.4) is 0 Å². The van der Waals surface area contributed by atoms with Gasteiger partial charge in [0.2, 0.25) is 5.91 Å². The van der Waals surface area contributed by atoms with E-state index in [1.165, 1.54) is 0 Å². The van der Waals surface area contributed by atoms with Crippen molar-refractivity contribution >= 4 is 22.7 Å². The lowest BCUT2D eigenvalue weighted by Crippen LogP contribution is -2.42. The number of aromatic amines is 1. The smallest absolute Gasteiger partial charge is 0.287 e. The fraction of sp³-hybridized carbons (Fsp3) is 0.0952. The van der Waals surface area contributed by atoms with E-state index in [9.17, 15) is 9.59 Å². The second-order valence-corrected chi connectivity index (χ2v) is 6.49. The molecule has 0 atom stereocenters. The molecule has 28 heavy (non-hydrogen) atoms. The molecular weight excluding hydrogens is 354 g/mol. The average molecular weight is 373 g/mol. The average Bonchev–Trinajstić information content (AvgIpc) is 3.33. The monoisotopic (exact) mass is 373 g/mol. The topological polar surface area (TPSA) is 91.8 Å². The van der Waals surface area contributed by atoms with E-state index in [4.69, 9.17) is 0 Å². The van der Waals surface area contributed by atoms with Gasteiger partial charge in [0.05, 0.1) is 12.1 Å². The number of aromatic nitrogens is 3. The lowest BCUT2D eigenvalue weighted by Gasteiger charge is -2.05. The van der Waals surface area contributed by atoms with Gasteiger partial charge >= 0.3 is 0 Å². The molecule has 0 fully saturated rings. The maximum atomic E-state index is 12.3. The number of nitrogens with zero attached hydrogens (tertiary/aromatic N) is 2. The normalized spacial score (nSPS) is 10.8. The minimum Gasteiger partial charge on any atom is -0.350 e. The molecular formula is C21H19N5O2. The second-order valence-electron chi connectivity index (χ2n) is 6.49. The number of nitrogens with one attached hydrogen (secondary N) is 3. The summed E-state index contributed by atoms with van der Waals surface area (Å²) in [7, 11) is 1.94. The fourth-order valence-electron chi connectivity index (χ4n) is 3.17. The largest absolute Gasteiger partial charge is 0.350 e. The summed E-state index contributed by atoms with van der Waals surface area (Å²) in [5.41, 5.74) is 8.66. The maximum Gasteiger partial charge on any atom is 0.287 e. The maximum absolute atomic E-state index is 12.3. The van der Waals surface area contributed by atoms with Crippen LogP contribution < -0.4 is 10.9 Å². The Kier molecular flexibility index (Phi) is 4.63. The molecule has 2 amide bonds. The molecule has 0 bridgehead atoms. The number of para-hydroxylation sites is 1. The summed E-state index contributed by atoms with van der Waals surface area (Å²) in [5.74, 6) is -0.756. The molecule has 2 aromatic carbocycles. The molecule has 2 heterocycles. The number of H-pyrrole nitrogens is 1. The molecule has 7 heteroatoms. The van der Waals surface area contributed by atoms with Gasteiger partial charge in [0.1, 0.15) is 5.69 Å². The van der Waals surface area contributed by atoms with E-state index in [-0.39, 0.29) is 18.0 Å². The molecule has 0 unspecified atom stereocenters. The number of hydrazine groups is 1. The van der Waals surface area contributed by atoms with E-state index in [1.54, 1.807) is 6.07 Å². The number of hydrogen-bond acceptors (Lipinski definition) is 3.